The Hall–Kier alpha value is -1.39. The van der Waals surface area contributed by atoms with E-state index in [1.807, 2.05) is 16.9 Å². The molecule has 0 aliphatic heterocycles. The number of hydrogen-bond acceptors (Lipinski definition) is 3. The molecular formula is C14H19ClN4. The Morgan fingerprint density at radius 3 is 2.79 bits per heavy atom. The van der Waals surface area contributed by atoms with Crippen molar-refractivity contribution in [2.45, 2.75) is 39.9 Å². The third-order valence-corrected chi connectivity index (χ3v) is 3.42. The average molecular weight is 279 g/mol. The van der Waals surface area contributed by atoms with Gasteiger partial charge in [0.25, 0.3) is 0 Å². The molecule has 0 saturated heterocycles. The molecule has 0 aromatic carbocycles. The summed E-state index contributed by atoms with van der Waals surface area (Å²) in [4.78, 5) is 3.99. The number of rotatable bonds is 5. The third kappa shape index (κ3) is 3.55. The lowest BCUT2D eigenvalue weighted by Crippen LogP contribution is -2.22. The molecular weight excluding hydrogens is 260 g/mol. The van der Waals surface area contributed by atoms with Crippen LogP contribution in [0.3, 0.4) is 0 Å². The molecule has 0 aliphatic carbocycles. The number of aromatic nitrogens is 3. The number of halogens is 1. The molecule has 2 aromatic heterocycles. The quantitative estimate of drug-likeness (QED) is 0.914. The highest BCUT2D eigenvalue weighted by molar-refractivity contribution is 6.31. The molecule has 0 atom stereocenters. The number of nitrogens with zero attached hydrogens (tertiary/aromatic N) is 3. The van der Waals surface area contributed by atoms with Crippen LogP contribution in [0.4, 0.5) is 0 Å². The lowest BCUT2D eigenvalue weighted by atomic mass is 10.2. The molecule has 0 amide bonds. The monoisotopic (exact) mass is 278 g/mol. The molecule has 0 aliphatic rings. The van der Waals surface area contributed by atoms with Crippen molar-refractivity contribution < 1.29 is 0 Å². The summed E-state index contributed by atoms with van der Waals surface area (Å²) in [6, 6.07) is 2.40. The van der Waals surface area contributed by atoms with Crippen LogP contribution in [-0.4, -0.2) is 20.8 Å². The van der Waals surface area contributed by atoms with Gasteiger partial charge in [0.05, 0.1) is 17.8 Å². The second-order valence-electron chi connectivity index (χ2n) is 4.92. The molecule has 0 unspecified atom stereocenters. The largest absolute Gasteiger partial charge is 0.310 e. The van der Waals surface area contributed by atoms with Crippen molar-refractivity contribution in [1.82, 2.24) is 20.1 Å². The first-order valence-electron chi connectivity index (χ1n) is 6.41. The van der Waals surface area contributed by atoms with Gasteiger partial charge in [0.15, 0.2) is 0 Å². The van der Waals surface area contributed by atoms with Gasteiger partial charge in [-0.2, -0.15) is 5.10 Å². The predicted octanol–water partition coefficient (Wildman–Crippen LogP) is 2.79. The first kappa shape index (κ1) is 14.0. The Morgan fingerprint density at radius 1 is 1.32 bits per heavy atom. The second-order valence-corrected chi connectivity index (χ2v) is 5.32. The van der Waals surface area contributed by atoms with Crippen molar-refractivity contribution in [3.63, 3.8) is 0 Å². The van der Waals surface area contributed by atoms with Crippen LogP contribution in [0.2, 0.25) is 5.02 Å². The number of nitrogens with one attached hydrogen (secondary N) is 1. The van der Waals surface area contributed by atoms with Crippen molar-refractivity contribution in [1.29, 1.82) is 0 Å². The van der Waals surface area contributed by atoms with E-state index in [2.05, 4.69) is 36.2 Å². The van der Waals surface area contributed by atoms with E-state index in [0.717, 1.165) is 12.1 Å². The van der Waals surface area contributed by atoms with Crippen LogP contribution in [0.1, 0.15) is 30.7 Å². The van der Waals surface area contributed by atoms with E-state index in [9.17, 15) is 0 Å². The minimum atomic E-state index is 0.470. The van der Waals surface area contributed by atoms with Crippen LogP contribution in [0.5, 0.6) is 0 Å². The number of hydrogen-bond donors (Lipinski definition) is 1. The Morgan fingerprint density at radius 2 is 2.11 bits per heavy atom. The van der Waals surface area contributed by atoms with Gasteiger partial charge in [0.1, 0.15) is 0 Å². The van der Waals surface area contributed by atoms with Crippen molar-refractivity contribution >= 4 is 11.6 Å². The van der Waals surface area contributed by atoms with Gasteiger partial charge in [-0.3, -0.25) is 9.67 Å². The molecule has 2 heterocycles. The Kier molecular flexibility index (Phi) is 4.56. The van der Waals surface area contributed by atoms with Gasteiger partial charge in [0.2, 0.25) is 0 Å². The summed E-state index contributed by atoms with van der Waals surface area (Å²) in [5, 5.41) is 8.51. The predicted molar refractivity (Wildman–Crippen MR) is 77.3 cm³/mol. The van der Waals surface area contributed by atoms with Crippen LogP contribution in [0.25, 0.3) is 0 Å². The molecule has 0 saturated carbocycles. The van der Waals surface area contributed by atoms with E-state index >= 15 is 0 Å². The fraction of sp³-hybridized carbons (Fsp3) is 0.429. The van der Waals surface area contributed by atoms with Crippen molar-refractivity contribution in [3.05, 3.63) is 46.5 Å². The Balaban J connectivity index is 2.12. The summed E-state index contributed by atoms with van der Waals surface area (Å²) < 4.78 is 1.97. The van der Waals surface area contributed by atoms with Crippen LogP contribution < -0.4 is 5.32 Å². The Labute approximate surface area is 118 Å². The van der Waals surface area contributed by atoms with Gasteiger partial charge in [0, 0.05) is 36.2 Å². The van der Waals surface area contributed by atoms with Gasteiger partial charge in [-0.05, 0) is 18.6 Å². The summed E-state index contributed by atoms with van der Waals surface area (Å²) in [6.07, 6.45) is 5.33. The molecule has 0 radical (unpaired) electrons. The van der Waals surface area contributed by atoms with E-state index < -0.39 is 0 Å². The van der Waals surface area contributed by atoms with Gasteiger partial charge >= 0.3 is 0 Å². The fourth-order valence-electron chi connectivity index (χ4n) is 1.83. The van der Waals surface area contributed by atoms with E-state index in [4.69, 9.17) is 11.6 Å². The summed E-state index contributed by atoms with van der Waals surface area (Å²) in [7, 11) is 0. The molecule has 0 spiro atoms. The molecule has 19 heavy (non-hydrogen) atoms. The first-order valence-corrected chi connectivity index (χ1v) is 6.78. The standard InChI is InChI=1S/C14H19ClN4/c1-10(2)17-6-13-7-18-19(11(13)3)9-12-4-5-16-8-14(12)15/h4-5,7-8,10,17H,6,9H2,1-3H3. The lowest BCUT2D eigenvalue weighted by molar-refractivity contribution is 0.585. The molecule has 0 fully saturated rings. The number of pyridine rings is 1. The summed E-state index contributed by atoms with van der Waals surface area (Å²) >= 11 is 6.12. The molecule has 1 N–H and O–H groups in total. The molecule has 102 valence electrons. The first-order chi connectivity index (χ1) is 9.08. The summed E-state index contributed by atoms with van der Waals surface area (Å²) in [5.41, 5.74) is 3.42. The van der Waals surface area contributed by atoms with Gasteiger partial charge in [-0.25, -0.2) is 0 Å². The van der Waals surface area contributed by atoms with Crippen LogP contribution in [0, 0.1) is 6.92 Å². The SMILES string of the molecule is Cc1c(CNC(C)C)cnn1Cc1ccncc1Cl. The van der Waals surface area contributed by atoms with E-state index in [0.29, 0.717) is 17.6 Å². The molecule has 2 rings (SSSR count). The highest BCUT2D eigenvalue weighted by Gasteiger charge is 2.08. The summed E-state index contributed by atoms with van der Waals surface area (Å²) in [6.45, 7) is 7.87. The van der Waals surface area contributed by atoms with E-state index in [1.165, 1.54) is 11.3 Å². The zero-order valence-corrected chi connectivity index (χ0v) is 12.3. The zero-order chi connectivity index (χ0) is 13.8. The zero-order valence-electron chi connectivity index (χ0n) is 11.5. The van der Waals surface area contributed by atoms with Crippen LogP contribution in [-0.2, 0) is 13.1 Å². The van der Waals surface area contributed by atoms with Crippen LogP contribution >= 0.6 is 11.6 Å². The lowest BCUT2D eigenvalue weighted by Gasteiger charge is -2.09. The van der Waals surface area contributed by atoms with Gasteiger partial charge in [-0.15, -0.1) is 0 Å². The average Bonchev–Trinajstić information content (AvgIpc) is 2.71. The van der Waals surface area contributed by atoms with Crippen molar-refractivity contribution in [3.8, 4) is 0 Å². The van der Waals surface area contributed by atoms with E-state index in [1.54, 1.807) is 12.4 Å². The summed E-state index contributed by atoms with van der Waals surface area (Å²) in [5.74, 6) is 0. The second kappa shape index (κ2) is 6.17. The highest BCUT2D eigenvalue weighted by atomic mass is 35.5. The van der Waals surface area contributed by atoms with Gasteiger partial charge < -0.3 is 5.32 Å². The van der Waals surface area contributed by atoms with Gasteiger partial charge in [-0.1, -0.05) is 25.4 Å². The minimum absolute atomic E-state index is 0.470. The fourth-order valence-corrected chi connectivity index (χ4v) is 2.00. The maximum Gasteiger partial charge on any atom is 0.0678 e. The normalized spacial score (nSPS) is 11.2. The smallest absolute Gasteiger partial charge is 0.0678 e. The minimum Gasteiger partial charge on any atom is -0.310 e. The molecule has 5 heteroatoms. The van der Waals surface area contributed by atoms with Crippen LogP contribution in [0.15, 0.2) is 24.7 Å². The third-order valence-electron chi connectivity index (χ3n) is 3.08. The Bertz CT molecular complexity index is 548. The van der Waals surface area contributed by atoms with Crippen molar-refractivity contribution in [2.24, 2.45) is 0 Å². The van der Waals surface area contributed by atoms with E-state index in [-0.39, 0.29) is 0 Å². The maximum atomic E-state index is 6.12. The molecule has 0 bridgehead atoms. The van der Waals surface area contributed by atoms with Crippen molar-refractivity contribution in [2.75, 3.05) is 0 Å². The molecule has 2 aromatic rings. The topological polar surface area (TPSA) is 42.7 Å². The molecule has 4 nitrogen and oxygen atoms in total. The highest BCUT2D eigenvalue weighted by Crippen LogP contribution is 2.16. The maximum absolute atomic E-state index is 6.12.